The number of hydrogen-bond acceptors (Lipinski definition) is 1. The van der Waals surface area contributed by atoms with Crippen molar-refractivity contribution in [2.45, 2.75) is 19.8 Å². The van der Waals surface area contributed by atoms with Crippen LogP contribution in [0.2, 0.25) is 0 Å². The number of rotatable bonds is 0. The molecule has 0 amide bonds. The van der Waals surface area contributed by atoms with Gasteiger partial charge >= 0.3 is 0 Å². The van der Waals surface area contributed by atoms with Crippen molar-refractivity contribution < 1.29 is 4.79 Å². The number of hydrogen-bond donors (Lipinski definition) is 0. The molecule has 1 heteroatoms. The van der Waals surface area contributed by atoms with Crippen molar-refractivity contribution in [2.75, 3.05) is 0 Å². The molecule has 1 saturated carbocycles. The molecule has 0 aromatic heterocycles. The van der Waals surface area contributed by atoms with Crippen LogP contribution < -0.4 is 0 Å². The summed E-state index contributed by atoms with van der Waals surface area (Å²) in [5.41, 5.74) is 1.03. The van der Waals surface area contributed by atoms with Crippen LogP contribution in [0.3, 0.4) is 0 Å². The molecule has 3 rings (SSSR count). The highest BCUT2D eigenvalue weighted by Gasteiger charge is 2.41. The highest BCUT2D eigenvalue weighted by molar-refractivity contribution is 5.90. The average Bonchev–Trinajstić information content (AvgIpc) is 1.92. The van der Waals surface area contributed by atoms with Gasteiger partial charge in [-0.05, 0) is 13.3 Å². The van der Waals surface area contributed by atoms with E-state index in [2.05, 4.69) is 18.7 Å². The van der Waals surface area contributed by atoms with Gasteiger partial charge in [-0.1, -0.05) is 24.3 Å². The molecule has 0 aliphatic heterocycles. The maximum atomic E-state index is 11.4. The van der Waals surface area contributed by atoms with E-state index in [9.17, 15) is 4.79 Å². The Balaban J connectivity index is 2.46. The lowest BCUT2D eigenvalue weighted by molar-refractivity contribution is -0.128. The number of allylic oxidation sites excluding steroid dienone is 3. The number of carbonyl (C=O) groups excluding carboxylic acids is 1. The van der Waals surface area contributed by atoms with Crippen molar-refractivity contribution in [3.63, 3.8) is 0 Å². The summed E-state index contributed by atoms with van der Waals surface area (Å²) in [5, 5.41) is 0. The van der Waals surface area contributed by atoms with E-state index in [1.165, 1.54) is 5.57 Å². The molecule has 1 fully saturated rings. The fourth-order valence-corrected chi connectivity index (χ4v) is 1.96. The zero-order valence-electron chi connectivity index (χ0n) is 6.76. The average molecular weight is 148 g/mol. The Bertz CT molecular complexity index is 262. The van der Waals surface area contributed by atoms with Crippen molar-refractivity contribution in [2.24, 2.45) is 11.3 Å². The minimum atomic E-state index is -0.203. The molecule has 0 heterocycles. The first-order valence-corrected chi connectivity index (χ1v) is 4.02. The van der Waals surface area contributed by atoms with Crippen molar-refractivity contribution in [1.82, 2.24) is 0 Å². The molecule has 2 atom stereocenters. The van der Waals surface area contributed by atoms with E-state index in [4.69, 9.17) is 0 Å². The molecule has 1 nitrogen and oxygen atoms in total. The van der Waals surface area contributed by atoms with Gasteiger partial charge in [-0.2, -0.15) is 0 Å². The summed E-state index contributed by atoms with van der Waals surface area (Å²) in [7, 11) is 0. The predicted octanol–water partition coefficient (Wildman–Crippen LogP) is 2.10. The summed E-state index contributed by atoms with van der Waals surface area (Å²) in [6.45, 7) is 5.98. The highest BCUT2D eigenvalue weighted by Crippen LogP contribution is 2.44. The largest absolute Gasteiger partial charge is 0.299 e. The summed E-state index contributed by atoms with van der Waals surface area (Å²) in [4.78, 5) is 11.4. The van der Waals surface area contributed by atoms with Crippen LogP contribution in [-0.2, 0) is 4.79 Å². The molecule has 11 heavy (non-hydrogen) atoms. The van der Waals surface area contributed by atoms with E-state index in [0.29, 0.717) is 18.1 Å². The van der Waals surface area contributed by atoms with E-state index in [1.807, 2.05) is 6.92 Å². The fraction of sp³-hybridized carbons (Fsp3) is 0.500. The van der Waals surface area contributed by atoms with Gasteiger partial charge in [0.1, 0.15) is 5.78 Å². The SMILES string of the molecule is C=C1C[C@@]2(C)C=C[C@@H]1CC2=O. The van der Waals surface area contributed by atoms with Crippen LogP contribution in [0.25, 0.3) is 0 Å². The van der Waals surface area contributed by atoms with Gasteiger partial charge in [0.05, 0.1) is 0 Å². The molecule has 0 N–H and O–H groups in total. The van der Waals surface area contributed by atoms with Gasteiger partial charge in [0.2, 0.25) is 0 Å². The van der Waals surface area contributed by atoms with Gasteiger partial charge < -0.3 is 0 Å². The Hall–Kier alpha value is -0.850. The number of ketones is 1. The van der Waals surface area contributed by atoms with Gasteiger partial charge in [-0.15, -0.1) is 0 Å². The molecule has 0 radical (unpaired) electrons. The molecule has 0 unspecified atom stereocenters. The van der Waals surface area contributed by atoms with Crippen molar-refractivity contribution >= 4 is 5.78 Å². The van der Waals surface area contributed by atoms with Gasteiger partial charge in [0.25, 0.3) is 0 Å². The molecule has 0 aromatic carbocycles. The summed E-state index contributed by atoms with van der Waals surface area (Å²) in [6, 6.07) is 0. The van der Waals surface area contributed by atoms with Crippen LogP contribution in [0.15, 0.2) is 24.3 Å². The molecule has 3 aliphatic carbocycles. The molecule has 2 bridgehead atoms. The lowest BCUT2D eigenvalue weighted by atomic mass is 9.64. The van der Waals surface area contributed by atoms with E-state index in [0.717, 1.165) is 6.42 Å². The minimum absolute atomic E-state index is 0.203. The first-order valence-electron chi connectivity index (χ1n) is 4.02. The first-order chi connectivity index (χ1) is 5.12. The third kappa shape index (κ3) is 0.802. The van der Waals surface area contributed by atoms with E-state index in [1.54, 1.807) is 0 Å². The maximum absolute atomic E-state index is 11.4. The Kier molecular flexibility index (Phi) is 1.15. The van der Waals surface area contributed by atoms with E-state index >= 15 is 0 Å². The van der Waals surface area contributed by atoms with Crippen LogP contribution >= 0.6 is 0 Å². The van der Waals surface area contributed by atoms with Gasteiger partial charge in [0, 0.05) is 17.8 Å². The Morgan fingerprint density at radius 3 is 2.82 bits per heavy atom. The third-order valence-electron chi connectivity index (χ3n) is 2.86. The molecule has 3 aliphatic rings. The van der Waals surface area contributed by atoms with Crippen molar-refractivity contribution in [1.29, 1.82) is 0 Å². The van der Waals surface area contributed by atoms with Crippen molar-refractivity contribution in [3.8, 4) is 0 Å². The zero-order chi connectivity index (χ0) is 8.06. The van der Waals surface area contributed by atoms with Crippen LogP contribution in [0.5, 0.6) is 0 Å². The van der Waals surface area contributed by atoms with Gasteiger partial charge in [-0.25, -0.2) is 0 Å². The first kappa shape index (κ1) is 6.84. The Morgan fingerprint density at radius 1 is 1.73 bits per heavy atom. The second-order valence-electron chi connectivity index (χ2n) is 3.85. The minimum Gasteiger partial charge on any atom is -0.299 e. The van der Waals surface area contributed by atoms with Crippen LogP contribution in [-0.4, -0.2) is 5.78 Å². The predicted molar refractivity (Wildman–Crippen MR) is 44.1 cm³/mol. The monoisotopic (exact) mass is 148 g/mol. The Morgan fingerprint density at radius 2 is 2.45 bits per heavy atom. The Labute approximate surface area is 66.8 Å². The second-order valence-corrected chi connectivity index (χ2v) is 3.85. The summed E-state index contributed by atoms with van der Waals surface area (Å²) in [5.74, 6) is 0.738. The topological polar surface area (TPSA) is 17.1 Å². The van der Waals surface area contributed by atoms with Crippen molar-refractivity contribution in [3.05, 3.63) is 24.3 Å². The fourth-order valence-electron chi connectivity index (χ4n) is 1.96. The molecule has 0 saturated heterocycles. The number of Topliss-reactive ketones (excluding diaryl/α,β-unsaturated/α-hetero) is 1. The summed E-state index contributed by atoms with van der Waals surface area (Å²) in [6.07, 6.45) is 5.74. The van der Waals surface area contributed by atoms with Crippen LogP contribution in [0.4, 0.5) is 0 Å². The normalized spacial score (nSPS) is 41.7. The molecule has 0 aromatic rings. The van der Waals surface area contributed by atoms with E-state index < -0.39 is 0 Å². The molecule has 58 valence electrons. The number of carbonyl (C=O) groups is 1. The quantitative estimate of drug-likeness (QED) is 0.481. The lowest BCUT2D eigenvalue weighted by Gasteiger charge is -2.39. The summed E-state index contributed by atoms with van der Waals surface area (Å²) < 4.78 is 0. The molecule has 0 spiro atoms. The standard InChI is InChI=1S/C10H12O/c1-7-6-10(2)4-3-8(7)5-9(10)11/h3-4,8H,1,5-6H2,2H3/t8-,10-/m1/s1. The third-order valence-corrected chi connectivity index (χ3v) is 2.86. The number of fused-ring (bicyclic) bond motifs is 2. The van der Waals surface area contributed by atoms with Crippen LogP contribution in [0.1, 0.15) is 19.8 Å². The molecular weight excluding hydrogens is 136 g/mol. The molecular formula is C10H12O. The summed E-state index contributed by atoms with van der Waals surface area (Å²) >= 11 is 0. The smallest absolute Gasteiger partial charge is 0.143 e. The van der Waals surface area contributed by atoms with Gasteiger partial charge in [-0.3, -0.25) is 4.79 Å². The lowest BCUT2D eigenvalue weighted by Crippen LogP contribution is -2.37. The van der Waals surface area contributed by atoms with Crippen LogP contribution in [0, 0.1) is 11.3 Å². The maximum Gasteiger partial charge on any atom is 0.143 e. The van der Waals surface area contributed by atoms with Gasteiger partial charge in [0.15, 0.2) is 0 Å². The van der Waals surface area contributed by atoms with E-state index in [-0.39, 0.29) is 5.41 Å². The zero-order valence-corrected chi connectivity index (χ0v) is 6.76. The second kappa shape index (κ2) is 1.84. The highest BCUT2D eigenvalue weighted by atomic mass is 16.1.